The lowest BCUT2D eigenvalue weighted by Gasteiger charge is -2.25. The number of rotatable bonds is 13. The van der Waals surface area contributed by atoms with Gasteiger partial charge in [-0.25, -0.2) is 4.79 Å². The molecule has 252 valence electrons. The molecular weight excluding hydrogens is 671 g/mol. The number of fused-ring (bicyclic) bond motifs is 1. The van der Waals surface area contributed by atoms with E-state index in [2.05, 4.69) is 109 Å². The highest BCUT2D eigenvalue weighted by atomic mass is 32.1. The fourth-order valence-corrected chi connectivity index (χ4v) is 8.10. The Hall–Kier alpha value is -5.82. The van der Waals surface area contributed by atoms with E-state index in [9.17, 15) is 15.2 Å². The van der Waals surface area contributed by atoms with Crippen LogP contribution >= 0.6 is 22.7 Å². The number of hydrogen-bond donors (Lipinski definition) is 1. The Labute approximate surface area is 305 Å². The first-order valence-corrected chi connectivity index (χ1v) is 18.6. The molecule has 3 aromatic heterocycles. The topological polar surface area (TPSA) is 95.0 Å². The summed E-state index contributed by atoms with van der Waals surface area (Å²) in [6, 6.07) is 43.6. The smallest absolute Gasteiger partial charge is 0.346 e. The Kier molecular flexibility index (Phi) is 10.2. The number of carbonyl (C=O) groups is 1. The summed E-state index contributed by atoms with van der Waals surface area (Å²) < 4.78 is 0. The molecule has 0 spiro atoms. The zero-order valence-corrected chi connectivity index (χ0v) is 29.7. The number of aromatic nitrogens is 3. The van der Waals surface area contributed by atoms with Gasteiger partial charge in [-0.1, -0.05) is 86.8 Å². The van der Waals surface area contributed by atoms with Gasteiger partial charge in [-0.3, -0.25) is 0 Å². The minimum atomic E-state index is -1.24. The highest BCUT2D eigenvalue weighted by molar-refractivity contribution is 7.19. The molecule has 0 fully saturated rings. The van der Waals surface area contributed by atoms with Crippen LogP contribution < -0.4 is 4.90 Å². The van der Waals surface area contributed by atoms with Crippen LogP contribution in [0.4, 0.5) is 17.1 Å². The summed E-state index contributed by atoms with van der Waals surface area (Å²) in [4.78, 5) is 19.4. The molecule has 0 atom stereocenters. The van der Waals surface area contributed by atoms with E-state index in [1.165, 1.54) is 23.8 Å². The van der Waals surface area contributed by atoms with Crippen LogP contribution in [0, 0.1) is 11.3 Å². The van der Waals surface area contributed by atoms with E-state index in [0.29, 0.717) is 4.88 Å². The summed E-state index contributed by atoms with van der Waals surface area (Å²) in [5.41, 5.74) is 7.72. The Morgan fingerprint density at radius 1 is 0.725 bits per heavy atom. The maximum absolute atomic E-state index is 11.4. The second-order valence-electron chi connectivity index (χ2n) is 12.1. The third-order valence-electron chi connectivity index (χ3n) is 8.63. The van der Waals surface area contributed by atoms with Crippen molar-refractivity contribution in [3.8, 4) is 37.4 Å². The number of hydrogen-bond acceptors (Lipinski definition) is 7. The Morgan fingerprint density at radius 2 is 1.29 bits per heavy atom. The highest BCUT2D eigenvalue weighted by Crippen LogP contribution is 2.42. The van der Waals surface area contributed by atoms with Crippen LogP contribution in [0.15, 0.2) is 127 Å². The molecule has 0 saturated heterocycles. The van der Waals surface area contributed by atoms with Crippen molar-refractivity contribution in [2.24, 2.45) is 0 Å². The molecule has 0 aliphatic heterocycles. The molecule has 9 heteroatoms. The van der Waals surface area contributed by atoms with Crippen LogP contribution in [0.3, 0.4) is 0 Å². The summed E-state index contributed by atoms with van der Waals surface area (Å²) in [6.45, 7) is 2.94. The molecular formula is C42H35N5O2S2. The van der Waals surface area contributed by atoms with Crippen molar-refractivity contribution >= 4 is 62.8 Å². The van der Waals surface area contributed by atoms with E-state index in [0.717, 1.165) is 85.2 Å². The lowest BCUT2D eigenvalue weighted by atomic mass is 10.1. The van der Waals surface area contributed by atoms with Gasteiger partial charge >= 0.3 is 5.97 Å². The number of para-hydroxylation sites is 2. The second-order valence-corrected chi connectivity index (χ2v) is 14.3. The van der Waals surface area contributed by atoms with Crippen molar-refractivity contribution in [2.45, 2.75) is 39.2 Å². The van der Waals surface area contributed by atoms with Gasteiger partial charge in [-0.05, 0) is 78.7 Å². The number of thiophene rings is 2. The summed E-state index contributed by atoms with van der Waals surface area (Å²) in [5.74, 6) is -1.24. The van der Waals surface area contributed by atoms with Gasteiger partial charge in [0.05, 0.1) is 6.54 Å². The van der Waals surface area contributed by atoms with E-state index in [-0.39, 0.29) is 5.57 Å². The minimum Gasteiger partial charge on any atom is -0.477 e. The molecule has 0 bridgehead atoms. The number of anilines is 3. The number of unbranched alkanes of at least 4 members (excludes halogenated alkanes) is 3. The molecule has 7 nitrogen and oxygen atoms in total. The van der Waals surface area contributed by atoms with E-state index < -0.39 is 5.97 Å². The first kappa shape index (κ1) is 33.7. The van der Waals surface area contributed by atoms with E-state index in [4.69, 9.17) is 10.2 Å². The summed E-state index contributed by atoms with van der Waals surface area (Å²) in [6.07, 6.45) is 5.88. The van der Waals surface area contributed by atoms with E-state index in [1.807, 2.05) is 29.1 Å². The fourth-order valence-electron chi connectivity index (χ4n) is 6.09. The quantitative estimate of drug-likeness (QED) is 0.0729. The van der Waals surface area contributed by atoms with Crippen LogP contribution in [0.25, 0.3) is 48.4 Å². The molecule has 0 aliphatic carbocycles. The van der Waals surface area contributed by atoms with Crippen molar-refractivity contribution in [1.82, 2.24) is 15.0 Å². The van der Waals surface area contributed by atoms with Crippen molar-refractivity contribution in [2.75, 3.05) is 4.90 Å². The van der Waals surface area contributed by atoms with Gasteiger partial charge in [0, 0.05) is 47.7 Å². The van der Waals surface area contributed by atoms with Crippen LogP contribution in [-0.2, 0) is 11.3 Å². The maximum Gasteiger partial charge on any atom is 0.346 e. The number of carboxylic acid groups (broad SMARTS) is 1. The van der Waals surface area contributed by atoms with Gasteiger partial charge in [0.2, 0.25) is 0 Å². The molecule has 7 rings (SSSR count). The first-order chi connectivity index (χ1) is 25.0. The monoisotopic (exact) mass is 705 g/mol. The van der Waals surface area contributed by atoms with Crippen LogP contribution in [0.5, 0.6) is 0 Å². The van der Waals surface area contributed by atoms with Gasteiger partial charge in [0.25, 0.3) is 0 Å². The average Bonchev–Trinajstić information content (AvgIpc) is 3.94. The third-order valence-corrected chi connectivity index (χ3v) is 10.9. The van der Waals surface area contributed by atoms with Gasteiger partial charge in [0.1, 0.15) is 22.7 Å². The molecule has 3 heterocycles. The standard InChI is InChI=1S/C42H35N5O2S2/c1-2-3-4-11-26-46-44-40-35(38-23-20-34(50-38)27-30(28-43)42(48)49)21-22-36(41(40)45-46)39-25-24-37(51-39)29-16-18-33(19-17-29)47(31-12-7-5-8-13-31)32-14-9-6-10-15-32/h5-10,12-25,27H,2-4,11,26H2,1H3,(H,48,49)/b30-27+. The van der Waals surface area contributed by atoms with Crippen LogP contribution in [0.2, 0.25) is 0 Å². The number of carboxylic acids is 1. The third kappa shape index (κ3) is 7.38. The van der Waals surface area contributed by atoms with Crippen LogP contribution in [0.1, 0.15) is 37.5 Å². The van der Waals surface area contributed by atoms with E-state index in [1.54, 1.807) is 17.4 Å². The predicted octanol–water partition coefficient (Wildman–Crippen LogP) is 11.6. The van der Waals surface area contributed by atoms with Crippen molar-refractivity contribution in [1.29, 1.82) is 5.26 Å². The largest absolute Gasteiger partial charge is 0.477 e. The maximum atomic E-state index is 11.4. The van der Waals surface area contributed by atoms with Crippen molar-refractivity contribution in [3.05, 3.63) is 132 Å². The van der Waals surface area contributed by atoms with Crippen molar-refractivity contribution in [3.63, 3.8) is 0 Å². The van der Waals surface area contributed by atoms with Gasteiger partial charge < -0.3 is 10.0 Å². The molecule has 51 heavy (non-hydrogen) atoms. The molecule has 1 N–H and O–H groups in total. The van der Waals surface area contributed by atoms with Crippen LogP contribution in [-0.4, -0.2) is 26.1 Å². The number of benzene rings is 4. The Balaban J connectivity index is 1.22. The molecule has 0 unspecified atom stereocenters. The highest BCUT2D eigenvalue weighted by Gasteiger charge is 2.19. The molecule has 0 aliphatic rings. The molecule has 0 saturated carbocycles. The lowest BCUT2D eigenvalue weighted by molar-refractivity contribution is -0.132. The Morgan fingerprint density at radius 3 is 1.88 bits per heavy atom. The Bertz CT molecular complexity index is 2310. The molecule has 0 radical (unpaired) electrons. The predicted molar refractivity (Wildman–Crippen MR) is 210 cm³/mol. The molecule has 0 amide bonds. The van der Waals surface area contributed by atoms with Crippen molar-refractivity contribution < 1.29 is 9.90 Å². The first-order valence-electron chi connectivity index (χ1n) is 17.0. The minimum absolute atomic E-state index is 0.297. The number of aliphatic carboxylic acids is 1. The zero-order chi connectivity index (χ0) is 35.2. The van der Waals surface area contributed by atoms with Gasteiger partial charge in [0.15, 0.2) is 0 Å². The number of nitrogens with zero attached hydrogens (tertiary/aromatic N) is 5. The fraction of sp³-hybridized carbons (Fsp3) is 0.143. The summed E-state index contributed by atoms with van der Waals surface area (Å²) in [7, 11) is 0. The normalized spacial score (nSPS) is 11.5. The SMILES string of the molecule is CCCCCCn1nc2c(-c3ccc(/C=C(\C#N)C(=O)O)s3)ccc(-c3ccc(-c4ccc(N(c5ccccc5)c5ccccc5)cc4)s3)c2n1. The lowest BCUT2D eigenvalue weighted by Crippen LogP contribution is -2.09. The van der Waals surface area contributed by atoms with Gasteiger partial charge in [-0.2, -0.15) is 20.3 Å². The molecule has 4 aromatic carbocycles. The zero-order valence-electron chi connectivity index (χ0n) is 28.1. The molecule has 7 aromatic rings. The summed E-state index contributed by atoms with van der Waals surface area (Å²) in [5, 5.41) is 28.6. The second kappa shape index (κ2) is 15.4. The number of nitriles is 1. The van der Waals surface area contributed by atoms with Gasteiger partial charge in [-0.15, -0.1) is 22.7 Å². The van der Waals surface area contributed by atoms with E-state index >= 15 is 0 Å². The average molecular weight is 706 g/mol. The number of aryl methyl sites for hydroxylation is 1. The summed E-state index contributed by atoms with van der Waals surface area (Å²) >= 11 is 3.16.